The molecule has 0 aliphatic heterocycles. The Morgan fingerprint density at radius 1 is 1.53 bits per heavy atom. The molecule has 2 atom stereocenters. The molecule has 0 saturated carbocycles. The number of methoxy groups -OCH3 is 1. The molecule has 1 N–H and O–H groups in total. The summed E-state index contributed by atoms with van der Waals surface area (Å²) < 4.78 is 18.5. The van der Waals surface area contributed by atoms with Crippen molar-refractivity contribution in [1.29, 1.82) is 0 Å². The second-order valence-electron chi connectivity index (χ2n) is 3.82. The molecule has 2 nitrogen and oxygen atoms in total. The molecule has 94 valence electrons. The normalized spacial score (nSPS) is 15.1. The molecular weight excluding hydrogens is 243 g/mol. The number of hydrogen-bond acceptors (Lipinski definition) is 2. The molecule has 0 spiro atoms. The first-order valence-corrected chi connectivity index (χ1v) is 5.75. The van der Waals surface area contributed by atoms with Gasteiger partial charge in [-0.25, -0.2) is 4.39 Å². The van der Waals surface area contributed by atoms with Gasteiger partial charge < -0.3 is 9.84 Å². The van der Waals surface area contributed by atoms with Crippen LogP contribution in [0, 0.1) is 5.82 Å². The Morgan fingerprint density at radius 3 is 2.76 bits per heavy atom. The average molecular weight is 259 g/mol. The highest BCUT2D eigenvalue weighted by Gasteiger charge is 2.11. The van der Waals surface area contributed by atoms with Gasteiger partial charge in [0.15, 0.2) is 0 Å². The number of hydrogen-bond donors (Lipinski definition) is 1. The van der Waals surface area contributed by atoms with E-state index in [-0.39, 0.29) is 11.9 Å². The van der Waals surface area contributed by atoms with Gasteiger partial charge in [0.25, 0.3) is 0 Å². The van der Waals surface area contributed by atoms with Crippen molar-refractivity contribution < 1.29 is 14.2 Å². The lowest BCUT2D eigenvalue weighted by molar-refractivity contribution is 0.000353. The van der Waals surface area contributed by atoms with Crippen LogP contribution in [0.25, 0.3) is 6.08 Å². The Kier molecular flexibility index (Phi) is 5.62. The highest BCUT2D eigenvalue weighted by atomic mass is 35.5. The summed E-state index contributed by atoms with van der Waals surface area (Å²) in [5.41, 5.74) is 0.467. The van der Waals surface area contributed by atoms with Gasteiger partial charge in [-0.15, -0.1) is 0 Å². The number of aliphatic hydroxyl groups excluding tert-OH is 1. The van der Waals surface area contributed by atoms with Crippen LogP contribution in [0.5, 0.6) is 0 Å². The van der Waals surface area contributed by atoms with Gasteiger partial charge in [-0.1, -0.05) is 29.8 Å². The van der Waals surface area contributed by atoms with E-state index in [0.29, 0.717) is 17.0 Å². The lowest BCUT2D eigenvalue weighted by Gasteiger charge is -2.15. The summed E-state index contributed by atoms with van der Waals surface area (Å²) in [6, 6.07) is 4.51. The monoisotopic (exact) mass is 258 g/mol. The van der Waals surface area contributed by atoms with Gasteiger partial charge in [0.2, 0.25) is 0 Å². The fraction of sp³-hybridized carbons (Fsp3) is 0.385. The van der Waals surface area contributed by atoms with Gasteiger partial charge in [0.05, 0.1) is 12.2 Å². The number of benzene rings is 1. The Labute approximate surface area is 106 Å². The highest BCUT2D eigenvalue weighted by Crippen LogP contribution is 2.16. The zero-order valence-corrected chi connectivity index (χ0v) is 10.6. The van der Waals surface area contributed by atoms with Crippen LogP contribution in [0.15, 0.2) is 24.3 Å². The van der Waals surface area contributed by atoms with Gasteiger partial charge in [0, 0.05) is 17.7 Å². The molecule has 0 aliphatic rings. The van der Waals surface area contributed by atoms with Gasteiger partial charge >= 0.3 is 0 Å². The third kappa shape index (κ3) is 4.46. The second kappa shape index (κ2) is 6.74. The van der Waals surface area contributed by atoms with E-state index < -0.39 is 6.10 Å². The van der Waals surface area contributed by atoms with Crippen molar-refractivity contribution in [3.05, 3.63) is 40.7 Å². The van der Waals surface area contributed by atoms with Gasteiger partial charge in [-0.2, -0.15) is 0 Å². The Hall–Kier alpha value is -0.900. The quantitative estimate of drug-likeness (QED) is 0.878. The third-order valence-corrected chi connectivity index (χ3v) is 2.70. The topological polar surface area (TPSA) is 29.5 Å². The van der Waals surface area contributed by atoms with Crippen LogP contribution >= 0.6 is 11.6 Å². The second-order valence-corrected chi connectivity index (χ2v) is 4.26. The maximum absolute atomic E-state index is 13.4. The predicted molar refractivity (Wildman–Crippen MR) is 67.5 cm³/mol. The van der Waals surface area contributed by atoms with Crippen molar-refractivity contribution in [3.8, 4) is 0 Å². The molecule has 1 aromatic carbocycles. The summed E-state index contributed by atoms with van der Waals surface area (Å²) in [7, 11) is 1.54. The minimum atomic E-state index is -0.556. The fourth-order valence-electron chi connectivity index (χ4n) is 1.46. The van der Waals surface area contributed by atoms with E-state index in [4.69, 9.17) is 16.3 Å². The van der Waals surface area contributed by atoms with Crippen molar-refractivity contribution in [1.82, 2.24) is 0 Å². The lowest BCUT2D eigenvalue weighted by atomic mass is 10.1. The zero-order chi connectivity index (χ0) is 12.8. The van der Waals surface area contributed by atoms with E-state index in [2.05, 4.69) is 0 Å². The zero-order valence-electron chi connectivity index (χ0n) is 9.86. The average Bonchev–Trinajstić information content (AvgIpc) is 2.26. The first-order valence-electron chi connectivity index (χ1n) is 5.37. The van der Waals surface area contributed by atoms with Crippen LogP contribution in [0.2, 0.25) is 5.02 Å². The molecule has 1 rings (SSSR count). The molecular formula is C13H16ClFO2. The van der Waals surface area contributed by atoms with E-state index in [1.54, 1.807) is 31.2 Å². The summed E-state index contributed by atoms with van der Waals surface area (Å²) in [4.78, 5) is 0. The Balaban J connectivity index is 2.64. The van der Waals surface area contributed by atoms with Crippen molar-refractivity contribution >= 4 is 17.7 Å². The standard InChI is InChI=1S/C13H16ClFO2/c1-9(16)13(17-2)5-3-4-10-6-7-11(14)8-12(10)15/h3-4,6-9,13,16H,5H2,1-2H3/b4-3+/t9-,13-/m1/s1. The lowest BCUT2D eigenvalue weighted by Crippen LogP contribution is -2.24. The van der Waals surface area contributed by atoms with E-state index in [1.165, 1.54) is 13.2 Å². The predicted octanol–water partition coefficient (Wildman–Crippen LogP) is 3.28. The first kappa shape index (κ1) is 14.2. The number of rotatable bonds is 5. The maximum Gasteiger partial charge on any atom is 0.131 e. The molecule has 1 aromatic rings. The number of aliphatic hydroxyl groups is 1. The van der Waals surface area contributed by atoms with Gasteiger partial charge in [0.1, 0.15) is 5.82 Å². The van der Waals surface area contributed by atoms with Crippen molar-refractivity contribution in [2.24, 2.45) is 0 Å². The highest BCUT2D eigenvalue weighted by molar-refractivity contribution is 6.30. The van der Waals surface area contributed by atoms with Crippen LogP contribution in [0.4, 0.5) is 4.39 Å². The summed E-state index contributed by atoms with van der Waals surface area (Å²) in [5, 5.41) is 9.72. The molecule has 0 aliphatic carbocycles. The molecule has 0 radical (unpaired) electrons. The Bertz CT molecular complexity index is 391. The van der Waals surface area contributed by atoms with E-state index >= 15 is 0 Å². The summed E-state index contributed by atoms with van der Waals surface area (Å²) in [6.45, 7) is 1.66. The molecule has 0 fully saturated rings. The van der Waals surface area contributed by atoms with Gasteiger partial charge in [-0.05, 0) is 25.5 Å². The summed E-state index contributed by atoms with van der Waals surface area (Å²) in [6.07, 6.45) is 3.12. The molecule has 0 unspecified atom stereocenters. The minimum Gasteiger partial charge on any atom is -0.391 e. The van der Waals surface area contributed by atoms with Crippen LogP contribution in [-0.2, 0) is 4.74 Å². The van der Waals surface area contributed by atoms with Crippen LogP contribution in [-0.4, -0.2) is 24.4 Å². The van der Waals surface area contributed by atoms with Crippen LogP contribution in [0.3, 0.4) is 0 Å². The van der Waals surface area contributed by atoms with Crippen LogP contribution in [0.1, 0.15) is 18.9 Å². The summed E-state index contributed by atoms with van der Waals surface area (Å²) >= 11 is 5.65. The molecule has 0 aromatic heterocycles. The minimum absolute atomic E-state index is 0.276. The van der Waals surface area contributed by atoms with Crippen molar-refractivity contribution in [2.75, 3.05) is 7.11 Å². The number of ether oxygens (including phenoxy) is 1. The SMILES string of the molecule is CO[C@H](C/C=C/c1ccc(Cl)cc1F)[C@@H](C)O. The third-order valence-electron chi connectivity index (χ3n) is 2.47. The first-order chi connectivity index (χ1) is 8.04. The van der Waals surface area contributed by atoms with E-state index in [1.807, 2.05) is 0 Å². The largest absolute Gasteiger partial charge is 0.391 e. The maximum atomic E-state index is 13.4. The summed E-state index contributed by atoms with van der Waals surface area (Å²) in [5.74, 6) is -0.361. The Morgan fingerprint density at radius 2 is 2.24 bits per heavy atom. The van der Waals surface area contributed by atoms with Crippen molar-refractivity contribution in [2.45, 2.75) is 25.6 Å². The smallest absolute Gasteiger partial charge is 0.131 e. The molecule has 17 heavy (non-hydrogen) atoms. The van der Waals surface area contributed by atoms with E-state index in [0.717, 1.165) is 0 Å². The molecule has 0 amide bonds. The molecule has 0 bridgehead atoms. The molecule has 4 heteroatoms. The van der Waals surface area contributed by atoms with Gasteiger partial charge in [-0.3, -0.25) is 0 Å². The number of halogens is 2. The van der Waals surface area contributed by atoms with E-state index in [9.17, 15) is 9.50 Å². The molecule has 0 heterocycles. The van der Waals surface area contributed by atoms with Crippen molar-refractivity contribution in [3.63, 3.8) is 0 Å². The fourth-order valence-corrected chi connectivity index (χ4v) is 1.61. The van der Waals surface area contributed by atoms with Crippen LogP contribution < -0.4 is 0 Å². The molecule has 0 saturated heterocycles.